The van der Waals surface area contributed by atoms with Crippen LogP contribution in [-0.2, 0) is 16.0 Å². The number of halogens is 3. The Morgan fingerprint density at radius 3 is 2.39 bits per heavy atom. The molecule has 0 amide bonds. The third-order valence-electron chi connectivity index (χ3n) is 4.43. The van der Waals surface area contributed by atoms with Crippen LogP contribution in [-0.4, -0.2) is 46.6 Å². The number of aromatic carboxylic acids is 1. The first-order valence-corrected chi connectivity index (χ1v) is 10.2. The summed E-state index contributed by atoms with van der Waals surface area (Å²) >= 11 is 0. The molecule has 1 saturated carbocycles. The van der Waals surface area contributed by atoms with Crippen LogP contribution in [0, 0.1) is 0 Å². The molecular formula is C16H17F3N4O4S. The van der Waals surface area contributed by atoms with E-state index in [-0.39, 0.29) is 22.6 Å². The number of aromatic nitrogens is 3. The average molecular weight is 418 g/mol. The van der Waals surface area contributed by atoms with Gasteiger partial charge >= 0.3 is 12.1 Å². The fourth-order valence-corrected chi connectivity index (χ4v) is 3.66. The first-order valence-electron chi connectivity index (χ1n) is 8.35. The molecule has 2 aromatic rings. The molecule has 0 atom stereocenters. The van der Waals surface area contributed by atoms with Crippen molar-refractivity contribution in [3.05, 3.63) is 29.6 Å². The van der Waals surface area contributed by atoms with Gasteiger partial charge < -0.3 is 10.4 Å². The highest BCUT2D eigenvalue weighted by atomic mass is 32.2. The topological polar surface area (TPSA) is 114 Å². The van der Waals surface area contributed by atoms with Gasteiger partial charge in [-0.2, -0.15) is 23.0 Å². The maximum atomic E-state index is 13.4. The lowest BCUT2D eigenvalue weighted by Gasteiger charge is -2.15. The van der Waals surface area contributed by atoms with Crippen molar-refractivity contribution in [2.45, 2.75) is 42.8 Å². The lowest BCUT2D eigenvalue weighted by Crippen LogP contribution is -2.20. The smallest absolute Gasteiger partial charge is 0.436 e. The van der Waals surface area contributed by atoms with Crippen molar-refractivity contribution >= 4 is 21.6 Å². The molecule has 152 valence electrons. The minimum absolute atomic E-state index is 0.122. The van der Waals surface area contributed by atoms with E-state index in [1.165, 1.54) is 12.1 Å². The van der Waals surface area contributed by atoms with E-state index < -0.39 is 33.2 Å². The number of carboxylic acids is 1. The number of sulfone groups is 1. The highest BCUT2D eigenvalue weighted by Crippen LogP contribution is 2.37. The zero-order valence-electron chi connectivity index (χ0n) is 14.7. The van der Waals surface area contributed by atoms with E-state index in [0.717, 1.165) is 30.0 Å². The van der Waals surface area contributed by atoms with Crippen molar-refractivity contribution < 1.29 is 31.5 Å². The van der Waals surface area contributed by atoms with E-state index in [1.807, 2.05) is 0 Å². The second kappa shape index (κ2) is 7.08. The molecule has 2 heterocycles. The van der Waals surface area contributed by atoms with E-state index in [4.69, 9.17) is 0 Å². The summed E-state index contributed by atoms with van der Waals surface area (Å²) < 4.78 is 64.0. The zero-order chi connectivity index (χ0) is 20.7. The largest absolute Gasteiger partial charge is 0.477 e. The fraction of sp³-hybridized carbons (Fsp3) is 0.438. The Hall–Kier alpha value is -2.63. The van der Waals surface area contributed by atoms with E-state index in [1.54, 1.807) is 0 Å². The Balaban J connectivity index is 2.16. The van der Waals surface area contributed by atoms with Crippen molar-refractivity contribution in [3.63, 3.8) is 0 Å². The van der Waals surface area contributed by atoms with Crippen LogP contribution in [0.5, 0.6) is 0 Å². The van der Waals surface area contributed by atoms with Crippen molar-refractivity contribution in [2.75, 3.05) is 11.6 Å². The van der Waals surface area contributed by atoms with Gasteiger partial charge in [-0.15, -0.1) is 0 Å². The maximum absolute atomic E-state index is 13.4. The molecule has 2 aromatic heterocycles. The monoisotopic (exact) mass is 418 g/mol. The number of alkyl halides is 3. The van der Waals surface area contributed by atoms with Gasteiger partial charge in [-0.1, -0.05) is 12.8 Å². The molecule has 0 bridgehead atoms. The van der Waals surface area contributed by atoms with Crippen molar-refractivity contribution in [2.24, 2.45) is 0 Å². The van der Waals surface area contributed by atoms with Gasteiger partial charge in [0.25, 0.3) is 0 Å². The summed E-state index contributed by atoms with van der Waals surface area (Å²) in [6.07, 6.45) is 0.0908. The van der Waals surface area contributed by atoms with E-state index in [2.05, 4.69) is 15.4 Å². The molecule has 0 spiro atoms. The van der Waals surface area contributed by atoms with Crippen LogP contribution in [0.3, 0.4) is 0 Å². The second-order valence-electron chi connectivity index (χ2n) is 6.54. The Kier molecular flexibility index (Phi) is 5.08. The predicted octanol–water partition coefficient (Wildman–Crippen LogP) is 2.74. The van der Waals surface area contributed by atoms with Gasteiger partial charge in [-0.25, -0.2) is 18.2 Å². The Bertz CT molecular complexity index is 994. The molecule has 28 heavy (non-hydrogen) atoms. The normalized spacial score (nSPS) is 15.7. The summed E-state index contributed by atoms with van der Waals surface area (Å²) in [4.78, 5) is 15.3. The van der Waals surface area contributed by atoms with Crippen molar-refractivity contribution in [1.29, 1.82) is 0 Å². The Morgan fingerprint density at radius 1 is 1.29 bits per heavy atom. The van der Waals surface area contributed by atoms with Gasteiger partial charge in [0.05, 0.1) is 4.90 Å². The molecule has 0 radical (unpaired) electrons. The summed E-state index contributed by atoms with van der Waals surface area (Å²) in [6, 6.07) is 2.16. The van der Waals surface area contributed by atoms with Crippen LogP contribution < -0.4 is 5.32 Å². The predicted molar refractivity (Wildman–Crippen MR) is 92.3 cm³/mol. The summed E-state index contributed by atoms with van der Waals surface area (Å²) in [6.45, 7) is 0. The number of anilines is 1. The van der Waals surface area contributed by atoms with Gasteiger partial charge in [0.15, 0.2) is 21.3 Å². The van der Waals surface area contributed by atoms with Gasteiger partial charge in [0, 0.05) is 18.5 Å². The van der Waals surface area contributed by atoms with Crippen LogP contribution >= 0.6 is 0 Å². The minimum atomic E-state index is -4.99. The molecule has 0 aromatic carbocycles. The average Bonchev–Trinajstić information content (AvgIpc) is 3.22. The van der Waals surface area contributed by atoms with E-state index >= 15 is 0 Å². The molecule has 1 aliphatic rings. The molecule has 12 heteroatoms. The van der Waals surface area contributed by atoms with Gasteiger partial charge in [0.1, 0.15) is 11.4 Å². The van der Waals surface area contributed by atoms with Crippen LogP contribution in [0.2, 0.25) is 0 Å². The summed E-state index contributed by atoms with van der Waals surface area (Å²) in [7, 11) is -3.55. The van der Waals surface area contributed by atoms with Gasteiger partial charge in [0.2, 0.25) is 0 Å². The molecular weight excluding hydrogens is 401 g/mol. The molecule has 8 nitrogen and oxygen atoms in total. The Labute approximate surface area is 158 Å². The standard InChI is InChI=1S/C16H17F3N4O4S/c1-28(26,27)10-6-7-11(20-8-10)23-14(21-9-4-2-3-5-9)12(15(24)25)13(22-23)16(17,18)19/h6-9,21H,2-5H2,1H3,(H,24,25). The molecule has 1 fully saturated rings. The van der Waals surface area contributed by atoms with Crippen LogP contribution in [0.25, 0.3) is 5.82 Å². The number of hydrogen-bond donors (Lipinski definition) is 2. The number of hydrogen-bond acceptors (Lipinski definition) is 6. The molecule has 1 aliphatic carbocycles. The lowest BCUT2D eigenvalue weighted by atomic mass is 10.2. The summed E-state index contributed by atoms with van der Waals surface area (Å²) in [5.41, 5.74) is -2.54. The number of carboxylic acid groups (broad SMARTS) is 1. The molecule has 0 aliphatic heterocycles. The molecule has 0 unspecified atom stereocenters. The number of nitrogens with zero attached hydrogens (tertiary/aromatic N) is 3. The van der Waals surface area contributed by atoms with Crippen molar-refractivity contribution in [3.8, 4) is 5.82 Å². The summed E-state index contributed by atoms with van der Waals surface area (Å²) in [5, 5.41) is 15.7. The summed E-state index contributed by atoms with van der Waals surface area (Å²) in [5.74, 6) is -2.23. The minimum Gasteiger partial charge on any atom is -0.477 e. The van der Waals surface area contributed by atoms with Gasteiger partial charge in [-0.05, 0) is 25.0 Å². The fourth-order valence-electron chi connectivity index (χ4n) is 3.10. The first-order chi connectivity index (χ1) is 13.0. The highest BCUT2D eigenvalue weighted by molar-refractivity contribution is 7.90. The Morgan fingerprint density at radius 2 is 1.93 bits per heavy atom. The second-order valence-corrected chi connectivity index (χ2v) is 8.55. The third kappa shape index (κ3) is 3.96. The third-order valence-corrected chi connectivity index (χ3v) is 5.53. The van der Waals surface area contributed by atoms with E-state index in [0.29, 0.717) is 12.8 Å². The zero-order valence-corrected chi connectivity index (χ0v) is 15.5. The lowest BCUT2D eigenvalue weighted by molar-refractivity contribution is -0.141. The maximum Gasteiger partial charge on any atom is 0.436 e. The SMILES string of the molecule is CS(=O)(=O)c1ccc(-n2nc(C(F)(F)F)c(C(=O)O)c2NC2CCCC2)nc1. The highest BCUT2D eigenvalue weighted by Gasteiger charge is 2.42. The molecule has 3 rings (SSSR count). The first kappa shape index (κ1) is 20.1. The number of rotatable bonds is 5. The van der Waals surface area contributed by atoms with Gasteiger partial charge in [-0.3, -0.25) is 0 Å². The quantitative estimate of drug-likeness (QED) is 0.767. The van der Waals surface area contributed by atoms with Crippen molar-refractivity contribution in [1.82, 2.24) is 14.8 Å². The number of nitrogens with one attached hydrogen (secondary N) is 1. The molecule has 2 N–H and O–H groups in total. The van der Waals surface area contributed by atoms with E-state index in [9.17, 15) is 31.5 Å². The number of carbonyl (C=O) groups is 1. The van der Waals surface area contributed by atoms with Crippen LogP contribution in [0.15, 0.2) is 23.2 Å². The van der Waals surface area contributed by atoms with Crippen LogP contribution in [0.1, 0.15) is 41.7 Å². The number of pyridine rings is 1. The van der Waals surface area contributed by atoms with Crippen LogP contribution in [0.4, 0.5) is 19.0 Å². The molecule has 0 saturated heterocycles.